The summed E-state index contributed by atoms with van der Waals surface area (Å²) in [5.74, 6) is 0.168. The van der Waals surface area contributed by atoms with Gasteiger partial charge in [0.05, 0.1) is 16.3 Å². The molecule has 1 heterocycles. The predicted molar refractivity (Wildman–Crippen MR) is 76.7 cm³/mol. The van der Waals surface area contributed by atoms with Gasteiger partial charge in [-0.05, 0) is 38.1 Å². The highest BCUT2D eigenvalue weighted by Gasteiger charge is 2.32. The standard InChI is InChI=1S/C12H17BrN2O2S/c1-9-8-18(16,17)12-7-10(13)3-4-11(12)15(9)6-2-5-14/h3-4,7,9H,2,5-6,8,14H2,1H3. The van der Waals surface area contributed by atoms with Crippen LogP contribution in [-0.2, 0) is 9.84 Å². The van der Waals surface area contributed by atoms with Crippen LogP contribution in [0.4, 0.5) is 5.69 Å². The van der Waals surface area contributed by atoms with Gasteiger partial charge in [-0.25, -0.2) is 8.42 Å². The van der Waals surface area contributed by atoms with E-state index < -0.39 is 9.84 Å². The zero-order valence-electron chi connectivity index (χ0n) is 10.3. The molecule has 1 atom stereocenters. The Morgan fingerprint density at radius 2 is 2.22 bits per heavy atom. The Morgan fingerprint density at radius 3 is 2.89 bits per heavy atom. The number of fused-ring (bicyclic) bond motifs is 1. The minimum atomic E-state index is -3.17. The number of nitrogens with zero attached hydrogens (tertiary/aromatic N) is 1. The molecular weight excluding hydrogens is 316 g/mol. The molecule has 1 aromatic carbocycles. The van der Waals surface area contributed by atoms with Gasteiger partial charge in [0.1, 0.15) is 0 Å². The number of halogens is 1. The molecule has 0 amide bonds. The summed E-state index contributed by atoms with van der Waals surface area (Å²) in [6.07, 6.45) is 0.861. The number of rotatable bonds is 3. The van der Waals surface area contributed by atoms with Gasteiger partial charge < -0.3 is 10.6 Å². The molecule has 0 fully saturated rings. The Labute approximate surface area is 116 Å². The fourth-order valence-electron chi connectivity index (χ4n) is 2.31. The van der Waals surface area contributed by atoms with Gasteiger partial charge in [0.15, 0.2) is 9.84 Å². The molecule has 2 rings (SSSR count). The molecular formula is C12H17BrN2O2S. The quantitative estimate of drug-likeness (QED) is 0.916. The lowest BCUT2D eigenvalue weighted by Crippen LogP contribution is -2.43. The fraction of sp³-hybridized carbons (Fsp3) is 0.500. The first-order chi connectivity index (χ1) is 8.45. The molecule has 100 valence electrons. The summed E-state index contributed by atoms with van der Waals surface area (Å²) < 4.78 is 25.2. The fourth-order valence-corrected chi connectivity index (χ4v) is 4.63. The molecule has 0 saturated carbocycles. The van der Waals surface area contributed by atoms with Crippen LogP contribution in [0.2, 0.25) is 0 Å². The predicted octanol–water partition coefficient (Wildman–Crippen LogP) is 1.78. The third kappa shape index (κ3) is 2.55. The van der Waals surface area contributed by atoms with Crippen molar-refractivity contribution in [1.29, 1.82) is 0 Å². The molecule has 2 N–H and O–H groups in total. The summed E-state index contributed by atoms with van der Waals surface area (Å²) in [5, 5.41) is 0. The van der Waals surface area contributed by atoms with Crippen LogP contribution >= 0.6 is 15.9 Å². The lowest BCUT2D eigenvalue weighted by molar-refractivity contribution is 0.568. The van der Waals surface area contributed by atoms with E-state index in [1.165, 1.54) is 0 Å². The van der Waals surface area contributed by atoms with E-state index in [1.54, 1.807) is 6.07 Å². The van der Waals surface area contributed by atoms with Crippen LogP contribution < -0.4 is 10.6 Å². The van der Waals surface area contributed by atoms with Crippen LogP contribution in [0.15, 0.2) is 27.6 Å². The van der Waals surface area contributed by atoms with Crippen molar-refractivity contribution in [2.24, 2.45) is 5.73 Å². The molecule has 0 saturated heterocycles. The van der Waals surface area contributed by atoms with E-state index in [1.807, 2.05) is 19.1 Å². The highest BCUT2D eigenvalue weighted by molar-refractivity contribution is 9.10. The maximum Gasteiger partial charge on any atom is 0.182 e. The minimum Gasteiger partial charge on any atom is -0.367 e. The van der Waals surface area contributed by atoms with E-state index in [9.17, 15) is 8.42 Å². The van der Waals surface area contributed by atoms with Gasteiger partial charge >= 0.3 is 0 Å². The molecule has 1 unspecified atom stereocenters. The number of hydrogen-bond donors (Lipinski definition) is 1. The van der Waals surface area contributed by atoms with Crippen molar-refractivity contribution in [2.45, 2.75) is 24.3 Å². The molecule has 0 radical (unpaired) electrons. The van der Waals surface area contributed by atoms with Crippen molar-refractivity contribution in [2.75, 3.05) is 23.7 Å². The van der Waals surface area contributed by atoms with Gasteiger partial charge in [-0.15, -0.1) is 0 Å². The van der Waals surface area contributed by atoms with Gasteiger partial charge in [-0.2, -0.15) is 0 Å². The van der Waals surface area contributed by atoms with Crippen molar-refractivity contribution in [3.63, 3.8) is 0 Å². The maximum atomic E-state index is 12.2. The van der Waals surface area contributed by atoms with Crippen LogP contribution in [0, 0.1) is 0 Å². The first-order valence-electron chi connectivity index (χ1n) is 5.95. The second kappa shape index (κ2) is 5.19. The lowest BCUT2D eigenvalue weighted by atomic mass is 10.2. The Hall–Kier alpha value is -0.590. The molecule has 1 aromatic rings. The number of hydrogen-bond acceptors (Lipinski definition) is 4. The third-order valence-corrected chi connectivity index (χ3v) is 5.57. The molecule has 1 aliphatic heterocycles. The molecule has 6 heteroatoms. The van der Waals surface area contributed by atoms with Crippen molar-refractivity contribution in [3.05, 3.63) is 22.7 Å². The van der Waals surface area contributed by atoms with Crippen LogP contribution in [-0.4, -0.2) is 33.3 Å². The summed E-state index contributed by atoms with van der Waals surface area (Å²) >= 11 is 3.33. The molecule has 0 aromatic heterocycles. The van der Waals surface area contributed by atoms with Crippen molar-refractivity contribution in [3.8, 4) is 0 Å². The zero-order chi connectivity index (χ0) is 13.3. The molecule has 4 nitrogen and oxygen atoms in total. The van der Waals surface area contributed by atoms with Gasteiger partial charge in [-0.3, -0.25) is 0 Å². The van der Waals surface area contributed by atoms with Gasteiger partial charge in [0, 0.05) is 17.1 Å². The molecule has 0 aliphatic carbocycles. The second-order valence-corrected chi connectivity index (χ2v) is 7.50. The summed E-state index contributed by atoms with van der Waals surface area (Å²) in [6, 6.07) is 5.42. The van der Waals surface area contributed by atoms with Crippen molar-refractivity contribution >= 4 is 31.5 Å². The van der Waals surface area contributed by atoms with Crippen LogP contribution in [0.5, 0.6) is 0 Å². The highest BCUT2D eigenvalue weighted by Crippen LogP contribution is 2.35. The summed E-state index contributed by atoms with van der Waals surface area (Å²) in [5.41, 5.74) is 6.33. The third-order valence-electron chi connectivity index (χ3n) is 3.16. The van der Waals surface area contributed by atoms with Gasteiger partial charge in [0.2, 0.25) is 0 Å². The van der Waals surface area contributed by atoms with E-state index >= 15 is 0 Å². The summed E-state index contributed by atoms with van der Waals surface area (Å²) in [4.78, 5) is 2.56. The molecule has 1 aliphatic rings. The number of sulfone groups is 1. The number of nitrogens with two attached hydrogens (primary N) is 1. The zero-order valence-corrected chi connectivity index (χ0v) is 12.7. The molecule has 18 heavy (non-hydrogen) atoms. The first kappa shape index (κ1) is 13.8. The van der Waals surface area contributed by atoms with Crippen molar-refractivity contribution in [1.82, 2.24) is 0 Å². The highest BCUT2D eigenvalue weighted by atomic mass is 79.9. The van der Waals surface area contributed by atoms with E-state index in [-0.39, 0.29) is 11.8 Å². The second-order valence-electron chi connectivity index (χ2n) is 4.58. The maximum absolute atomic E-state index is 12.2. The van der Waals surface area contributed by atoms with Gasteiger partial charge in [-0.1, -0.05) is 15.9 Å². The summed E-state index contributed by atoms with van der Waals surface area (Å²) in [7, 11) is -3.17. The Balaban J connectivity index is 2.48. The number of benzene rings is 1. The minimum absolute atomic E-state index is 0.00442. The van der Waals surface area contributed by atoms with Crippen LogP contribution in [0.25, 0.3) is 0 Å². The Bertz CT molecular complexity index is 545. The Kier molecular flexibility index (Phi) is 3.99. The smallest absolute Gasteiger partial charge is 0.182 e. The van der Waals surface area contributed by atoms with Crippen molar-refractivity contribution < 1.29 is 8.42 Å². The Morgan fingerprint density at radius 1 is 1.50 bits per heavy atom. The largest absolute Gasteiger partial charge is 0.367 e. The van der Waals surface area contributed by atoms with Crippen LogP contribution in [0.1, 0.15) is 13.3 Å². The monoisotopic (exact) mass is 332 g/mol. The topological polar surface area (TPSA) is 63.4 Å². The van der Waals surface area contributed by atoms with E-state index in [0.717, 1.165) is 23.1 Å². The van der Waals surface area contributed by atoms with Crippen LogP contribution in [0.3, 0.4) is 0 Å². The first-order valence-corrected chi connectivity index (χ1v) is 8.39. The van der Waals surface area contributed by atoms with E-state index in [0.29, 0.717) is 11.4 Å². The average molecular weight is 333 g/mol. The van der Waals surface area contributed by atoms with Gasteiger partial charge in [0.25, 0.3) is 0 Å². The van der Waals surface area contributed by atoms with E-state index in [2.05, 4.69) is 20.8 Å². The molecule has 0 spiro atoms. The normalized spacial score (nSPS) is 21.7. The van der Waals surface area contributed by atoms with E-state index in [4.69, 9.17) is 5.73 Å². The number of anilines is 1. The average Bonchev–Trinajstić information content (AvgIpc) is 2.29. The lowest BCUT2D eigenvalue weighted by Gasteiger charge is -2.36. The summed E-state index contributed by atoms with van der Waals surface area (Å²) in [6.45, 7) is 3.35. The SMILES string of the molecule is CC1CS(=O)(=O)c2cc(Br)ccc2N1CCCN. The molecule has 0 bridgehead atoms.